The van der Waals surface area contributed by atoms with Crippen molar-refractivity contribution in [3.05, 3.63) is 0 Å². The minimum absolute atomic E-state index is 0.00919. The maximum absolute atomic E-state index is 12.3. The molecule has 0 aliphatic heterocycles. The average molecular weight is 239 g/mol. The first-order chi connectivity index (χ1) is 8.01. The van der Waals surface area contributed by atoms with Crippen molar-refractivity contribution >= 4 is 11.8 Å². The Labute approximate surface area is 103 Å². The SMILES string of the molecule is CCN(CC(=O)NC)C(=O)C(C#N)(CC)CC. The molecule has 0 rings (SSSR count). The van der Waals surface area contributed by atoms with Crippen LogP contribution in [0.1, 0.15) is 33.6 Å². The van der Waals surface area contributed by atoms with Crippen LogP contribution >= 0.6 is 0 Å². The van der Waals surface area contributed by atoms with Crippen LogP contribution in [0.3, 0.4) is 0 Å². The first-order valence-electron chi connectivity index (χ1n) is 5.92. The summed E-state index contributed by atoms with van der Waals surface area (Å²) >= 11 is 0. The van der Waals surface area contributed by atoms with Gasteiger partial charge in [0.15, 0.2) is 0 Å². The van der Waals surface area contributed by atoms with Gasteiger partial charge in [-0.2, -0.15) is 5.26 Å². The van der Waals surface area contributed by atoms with E-state index in [0.29, 0.717) is 19.4 Å². The molecule has 0 fully saturated rings. The lowest BCUT2D eigenvalue weighted by Crippen LogP contribution is -2.46. The smallest absolute Gasteiger partial charge is 0.243 e. The number of nitrogens with zero attached hydrogens (tertiary/aromatic N) is 2. The molecule has 0 heterocycles. The molecule has 0 aromatic carbocycles. The third-order valence-corrected chi connectivity index (χ3v) is 3.11. The Morgan fingerprint density at radius 1 is 1.29 bits per heavy atom. The number of hydrogen-bond donors (Lipinski definition) is 1. The lowest BCUT2D eigenvalue weighted by Gasteiger charge is -2.29. The van der Waals surface area contributed by atoms with E-state index < -0.39 is 5.41 Å². The van der Waals surface area contributed by atoms with Crippen LogP contribution in [0.4, 0.5) is 0 Å². The summed E-state index contributed by atoms with van der Waals surface area (Å²) < 4.78 is 0. The maximum atomic E-state index is 12.3. The third kappa shape index (κ3) is 3.45. The number of carbonyl (C=O) groups is 2. The van der Waals surface area contributed by atoms with E-state index in [1.807, 2.05) is 13.8 Å². The molecule has 1 N–H and O–H groups in total. The first kappa shape index (κ1) is 15.4. The van der Waals surface area contributed by atoms with Crippen molar-refractivity contribution in [3.63, 3.8) is 0 Å². The second-order valence-electron chi connectivity index (χ2n) is 3.89. The van der Waals surface area contributed by atoms with Crippen LogP contribution in [-0.4, -0.2) is 36.9 Å². The Morgan fingerprint density at radius 2 is 1.82 bits per heavy atom. The lowest BCUT2D eigenvalue weighted by molar-refractivity contribution is -0.142. The van der Waals surface area contributed by atoms with Crippen LogP contribution in [0, 0.1) is 16.7 Å². The number of nitrogens with one attached hydrogen (secondary N) is 1. The van der Waals surface area contributed by atoms with E-state index in [1.54, 1.807) is 6.92 Å². The van der Waals surface area contributed by atoms with Gasteiger partial charge in [0, 0.05) is 13.6 Å². The molecular weight excluding hydrogens is 218 g/mol. The molecule has 2 amide bonds. The largest absolute Gasteiger partial charge is 0.358 e. The van der Waals surface area contributed by atoms with Gasteiger partial charge in [-0.15, -0.1) is 0 Å². The van der Waals surface area contributed by atoms with E-state index in [1.165, 1.54) is 11.9 Å². The molecule has 0 atom stereocenters. The molecule has 0 saturated carbocycles. The summed E-state index contributed by atoms with van der Waals surface area (Å²) in [5, 5.41) is 11.7. The van der Waals surface area contributed by atoms with Gasteiger partial charge in [-0.05, 0) is 19.8 Å². The molecule has 5 heteroatoms. The summed E-state index contributed by atoms with van der Waals surface area (Å²) in [6.45, 7) is 5.87. The van der Waals surface area contributed by atoms with Crippen LogP contribution < -0.4 is 5.32 Å². The Bertz CT molecular complexity index is 316. The number of carbonyl (C=O) groups excluding carboxylic acids is 2. The minimum atomic E-state index is -0.996. The predicted molar refractivity (Wildman–Crippen MR) is 64.9 cm³/mol. The van der Waals surface area contributed by atoms with E-state index in [4.69, 9.17) is 0 Å². The maximum Gasteiger partial charge on any atom is 0.243 e. The summed E-state index contributed by atoms with van der Waals surface area (Å²) in [5.41, 5.74) is -0.996. The monoisotopic (exact) mass is 239 g/mol. The highest BCUT2D eigenvalue weighted by Crippen LogP contribution is 2.27. The summed E-state index contributed by atoms with van der Waals surface area (Å²) in [7, 11) is 1.53. The van der Waals surface area contributed by atoms with Gasteiger partial charge in [0.05, 0.1) is 12.6 Å². The number of nitriles is 1. The zero-order valence-corrected chi connectivity index (χ0v) is 11.0. The highest BCUT2D eigenvalue weighted by molar-refractivity contribution is 5.89. The lowest BCUT2D eigenvalue weighted by atomic mass is 9.82. The third-order valence-electron chi connectivity index (χ3n) is 3.11. The zero-order chi connectivity index (χ0) is 13.5. The van der Waals surface area contributed by atoms with Gasteiger partial charge in [-0.3, -0.25) is 9.59 Å². The normalized spacial score (nSPS) is 10.5. The van der Waals surface area contributed by atoms with Crippen molar-refractivity contribution in [3.8, 4) is 6.07 Å². The number of amides is 2. The first-order valence-corrected chi connectivity index (χ1v) is 5.92. The molecule has 0 bridgehead atoms. The zero-order valence-electron chi connectivity index (χ0n) is 11.0. The van der Waals surface area contributed by atoms with Gasteiger partial charge >= 0.3 is 0 Å². The highest BCUT2D eigenvalue weighted by atomic mass is 16.2. The van der Waals surface area contributed by atoms with Crippen molar-refractivity contribution in [2.75, 3.05) is 20.1 Å². The molecule has 0 saturated heterocycles. The topological polar surface area (TPSA) is 73.2 Å². The van der Waals surface area contributed by atoms with Crippen LogP contribution in [0.15, 0.2) is 0 Å². The van der Waals surface area contributed by atoms with Crippen molar-refractivity contribution in [1.29, 1.82) is 5.26 Å². The Morgan fingerprint density at radius 3 is 2.12 bits per heavy atom. The van der Waals surface area contributed by atoms with Gasteiger partial charge in [0.1, 0.15) is 5.41 Å². The van der Waals surface area contributed by atoms with Crippen molar-refractivity contribution < 1.29 is 9.59 Å². The van der Waals surface area contributed by atoms with E-state index in [2.05, 4.69) is 11.4 Å². The molecule has 5 nitrogen and oxygen atoms in total. The van der Waals surface area contributed by atoms with Gasteiger partial charge in [0.25, 0.3) is 0 Å². The Kier molecular flexibility index (Phi) is 6.26. The molecule has 0 radical (unpaired) electrons. The average Bonchev–Trinajstić information content (AvgIpc) is 2.38. The van der Waals surface area contributed by atoms with Gasteiger partial charge in [-0.1, -0.05) is 13.8 Å². The molecule has 0 spiro atoms. The van der Waals surface area contributed by atoms with Gasteiger partial charge in [0.2, 0.25) is 11.8 Å². The quantitative estimate of drug-likeness (QED) is 0.748. The molecule has 17 heavy (non-hydrogen) atoms. The summed E-state index contributed by atoms with van der Waals surface area (Å²) in [6, 6.07) is 2.10. The second-order valence-corrected chi connectivity index (χ2v) is 3.89. The molecule has 0 aromatic heterocycles. The van der Waals surface area contributed by atoms with Crippen LogP contribution in [-0.2, 0) is 9.59 Å². The van der Waals surface area contributed by atoms with Gasteiger partial charge in [-0.25, -0.2) is 0 Å². The van der Waals surface area contributed by atoms with Gasteiger partial charge < -0.3 is 10.2 Å². The van der Waals surface area contributed by atoms with E-state index >= 15 is 0 Å². The Balaban J connectivity index is 4.97. The van der Waals surface area contributed by atoms with Crippen molar-refractivity contribution in [2.45, 2.75) is 33.6 Å². The van der Waals surface area contributed by atoms with Crippen LogP contribution in [0.5, 0.6) is 0 Å². The number of hydrogen-bond acceptors (Lipinski definition) is 3. The van der Waals surface area contributed by atoms with Crippen LogP contribution in [0.25, 0.3) is 0 Å². The predicted octanol–water partition coefficient (Wildman–Crippen LogP) is 0.911. The standard InChI is InChI=1S/C12H21N3O2/c1-5-12(6-2,9-13)11(17)15(7-3)8-10(16)14-4/h5-8H2,1-4H3,(H,14,16). The summed E-state index contributed by atoms with van der Waals surface area (Å²) in [6.07, 6.45) is 0.923. The molecule has 0 aliphatic rings. The van der Waals surface area contributed by atoms with Crippen LogP contribution in [0.2, 0.25) is 0 Å². The molecular formula is C12H21N3O2. The second kappa shape index (κ2) is 6.89. The van der Waals surface area contributed by atoms with Crippen molar-refractivity contribution in [2.24, 2.45) is 5.41 Å². The fourth-order valence-corrected chi connectivity index (χ4v) is 1.64. The fourth-order valence-electron chi connectivity index (χ4n) is 1.64. The summed E-state index contributed by atoms with van der Waals surface area (Å²) in [4.78, 5) is 25.0. The highest BCUT2D eigenvalue weighted by Gasteiger charge is 2.38. The number of rotatable bonds is 6. The summed E-state index contributed by atoms with van der Waals surface area (Å²) in [5.74, 6) is -0.477. The van der Waals surface area contributed by atoms with Crippen molar-refractivity contribution in [1.82, 2.24) is 10.2 Å². The van der Waals surface area contributed by atoms with E-state index in [-0.39, 0.29) is 18.4 Å². The molecule has 0 unspecified atom stereocenters. The minimum Gasteiger partial charge on any atom is -0.358 e. The number of likely N-dealkylation sites (N-methyl/N-ethyl adjacent to an activating group) is 2. The fraction of sp³-hybridized carbons (Fsp3) is 0.750. The van der Waals surface area contributed by atoms with E-state index in [9.17, 15) is 14.9 Å². The molecule has 0 aromatic rings. The Hall–Kier alpha value is -1.57. The molecule has 96 valence electrons. The molecule has 0 aliphatic carbocycles. The van der Waals surface area contributed by atoms with E-state index in [0.717, 1.165) is 0 Å².